The van der Waals surface area contributed by atoms with Gasteiger partial charge < -0.3 is 9.47 Å². The van der Waals surface area contributed by atoms with E-state index in [1.54, 1.807) is 33.8 Å². The summed E-state index contributed by atoms with van der Waals surface area (Å²) in [5, 5.41) is 0. The number of aryl methyl sites for hydroxylation is 1. The highest BCUT2D eigenvalue weighted by Gasteiger charge is 2.24. The smallest absolute Gasteiger partial charge is 0.387 e. The van der Waals surface area contributed by atoms with Crippen LogP contribution in [0.25, 0.3) is 0 Å². The fraction of sp³-hybridized carbons (Fsp3) is 0.462. The van der Waals surface area contributed by atoms with E-state index in [1.165, 1.54) is 6.07 Å². The van der Waals surface area contributed by atoms with Gasteiger partial charge in [-0.2, -0.15) is 8.78 Å². The van der Waals surface area contributed by atoms with Crippen molar-refractivity contribution in [3.05, 3.63) is 27.7 Å². The van der Waals surface area contributed by atoms with Crippen LogP contribution in [0.2, 0.25) is 0 Å². The molecule has 0 saturated heterocycles. The Hall–Kier alpha value is -1.17. The zero-order chi connectivity index (χ0) is 14.8. The van der Waals surface area contributed by atoms with Crippen LogP contribution in [-0.2, 0) is 4.74 Å². The molecule has 0 aromatic heterocycles. The highest BCUT2D eigenvalue weighted by Crippen LogP contribution is 2.30. The molecule has 6 heteroatoms. The van der Waals surface area contributed by atoms with Crippen molar-refractivity contribution in [1.82, 2.24) is 0 Å². The average molecular weight is 337 g/mol. The number of carbonyl (C=O) groups is 1. The van der Waals surface area contributed by atoms with E-state index in [-0.39, 0.29) is 11.3 Å². The van der Waals surface area contributed by atoms with Gasteiger partial charge in [0.25, 0.3) is 0 Å². The maximum Gasteiger partial charge on any atom is 0.387 e. The summed E-state index contributed by atoms with van der Waals surface area (Å²) in [5.41, 5.74) is -0.198. The standard InChI is InChI=1S/C13H15BrF2O3/c1-7-5-8(14)6-9(18-12(15)16)10(7)11(17)19-13(2,3)4/h5-6,12H,1-4H3. The molecule has 0 bridgehead atoms. The number of alkyl halides is 2. The number of halogens is 3. The van der Waals surface area contributed by atoms with E-state index in [1.807, 2.05) is 0 Å². The molecule has 0 heterocycles. The van der Waals surface area contributed by atoms with Crippen LogP contribution in [0.4, 0.5) is 8.78 Å². The van der Waals surface area contributed by atoms with Crippen molar-refractivity contribution in [2.24, 2.45) is 0 Å². The van der Waals surface area contributed by atoms with Gasteiger partial charge >= 0.3 is 12.6 Å². The molecule has 19 heavy (non-hydrogen) atoms. The second kappa shape index (κ2) is 5.86. The van der Waals surface area contributed by atoms with Crippen molar-refractivity contribution in [2.45, 2.75) is 39.9 Å². The summed E-state index contributed by atoms with van der Waals surface area (Å²) in [6, 6.07) is 2.95. The molecule has 0 saturated carbocycles. The maximum absolute atomic E-state index is 12.4. The van der Waals surface area contributed by atoms with Gasteiger partial charge in [-0.05, 0) is 45.4 Å². The van der Waals surface area contributed by atoms with Crippen molar-refractivity contribution in [3.8, 4) is 5.75 Å². The Kier molecular flexibility index (Phi) is 4.90. The Morgan fingerprint density at radius 3 is 2.37 bits per heavy atom. The number of hydrogen-bond donors (Lipinski definition) is 0. The predicted molar refractivity (Wildman–Crippen MR) is 70.7 cm³/mol. The lowest BCUT2D eigenvalue weighted by Crippen LogP contribution is -2.25. The minimum Gasteiger partial charge on any atom is -0.456 e. The third-order valence-electron chi connectivity index (χ3n) is 2.08. The van der Waals surface area contributed by atoms with Gasteiger partial charge in [-0.1, -0.05) is 15.9 Å². The molecule has 0 fully saturated rings. The fourth-order valence-electron chi connectivity index (χ4n) is 1.49. The number of rotatable bonds is 3. The topological polar surface area (TPSA) is 35.5 Å². The molecule has 0 spiro atoms. The second-order valence-electron chi connectivity index (χ2n) is 4.98. The summed E-state index contributed by atoms with van der Waals surface area (Å²) in [6.07, 6.45) is 0. The van der Waals surface area contributed by atoms with E-state index in [9.17, 15) is 13.6 Å². The minimum absolute atomic E-state index is 0.0124. The lowest BCUT2D eigenvalue weighted by atomic mass is 10.1. The van der Waals surface area contributed by atoms with Gasteiger partial charge in [0.15, 0.2) is 0 Å². The zero-order valence-electron chi connectivity index (χ0n) is 11.1. The Bertz CT molecular complexity index is 482. The first-order chi connectivity index (χ1) is 8.60. The monoisotopic (exact) mass is 336 g/mol. The maximum atomic E-state index is 12.4. The first-order valence-electron chi connectivity index (χ1n) is 5.58. The molecular weight excluding hydrogens is 322 g/mol. The summed E-state index contributed by atoms with van der Waals surface area (Å²) >= 11 is 3.17. The van der Waals surface area contributed by atoms with Crippen LogP contribution in [0, 0.1) is 6.92 Å². The van der Waals surface area contributed by atoms with Gasteiger partial charge in [0.05, 0.1) is 0 Å². The van der Waals surface area contributed by atoms with Crippen molar-refractivity contribution in [2.75, 3.05) is 0 Å². The van der Waals surface area contributed by atoms with E-state index in [4.69, 9.17) is 4.74 Å². The predicted octanol–water partition coefficient (Wildman–Crippen LogP) is 4.31. The SMILES string of the molecule is Cc1cc(Br)cc(OC(F)F)c1C(=O)OC(C)(C)C. The van der Waals surface area contributed by atoms with E-state index < -0.39 is 18.2 Å². The molecule has 0 radical (unpaired) electrons. The van der Waals surface area contributed by atoms with Crippen molar-refractivity contribution < 1.29 is 23.0 Å². The van der Waals surface area contributed by atoms with E-state index in [0.29, 0.717) is 10.0 Å². The molecule has 1 aromatic rings. The Balaban J connectivity index is 3.20. The average Bonchev–Trinajstić information content (AvgIpc) is 2.10. The molecule has 0 N–H and O–H groups in total. The van der Waals surface area contributed by atoms with Crippen LogP contribution in [-0.4, -0.2) is 18.2 Å². The minimum atomic E-state index is -3.00. The van der Waals surface area contributed by atoms with E-state index >= 15 is 0 Å². The number of hydrogen-bond acceptors (Lipinski definition) is 3. The molecule has 0 unspecified atom stereocenters. The van der Waals surface area contributed by atoms with Crippen LogP contribution < -0.4 is 4.74 Å². The summed E-state index contributed by atoms with van der Waals surface area (Å²) < 4.78 is 34.9. The summed E-state index contributed by atoms with van der Waals surface area (Å²) in [4.78, 5) is 12.0. The van der Waals surface area contributed by atoms with Crippen LogP contribution >= 0.6 is 15.9 Å². The lowest BCUT2D eigenvalue weighted by Gasteiger charge is -2.21. The number of carbonyl (C=O) groups excluding carboxylic acids is 1. The van der Waals surface area contributed by atoms with Gasteiger partial charge in [0, 0.05) is 4.47 Å². The zero-order valence-corrected chi connectivity index (χ0v) is 12.7. The molecule has 0 aliphatic carbocycles. The summed E-state index contributed by atoms with van der Waals surface area (Å²) in [7, 11) is 0. The molecule has 1 aromatic carbocycles. The van der Waals surface area contributed by atoms with Crippen molar-refractivity contribution in [3.63, 3.8) is 0 Å². The number of benzene rings is 1. The van der Waals surface area contributed by atoms with Crippen LogP contribution in [0.3, 0.4) is 0 Å². The highest BCUT2D eigenvalue weighted by atomic mass is 79.9. The second-order valence-corrected chi connectivity index (χ2v) is 5.89. The first-order valence-corrected chi connectivity index (χ1v) is 6.38. The van der Waals surface area contributed by atoms with Crippen LogP contribution in [0.1, 0.15) is 36.7 Å². The molecule has 0 aliphatic heterocycles. The molecule has 3 nitrogen and oxygen atoms in total. The molecular formula is C13H15BrF2O3. The fourth-order valence-corrected chi connectivity index (χ4v) is 2.04. The van der Waals surface area contributed by atoms with Gasteiger partial charge in [-0.15, -0.1) is 0 Å². The third-order valence-corrected chi connectivity index (χ3v) is 2.54. The van der Waals surface area contributed by atoms with Gasteiger partial charge in [-0.3, -0.25) is 0 Å². The van der Waals surface area contributed by atoms with Gasteiger partial charge in [-0.25, -0.2) is 4.79 Å². The Labute approximate surface area is 119 Å². The van der Waals surface area contributed by atoms with E-state index in [2.05, 4.69) is 20.7 Å². The number of esters is 1. The molecule has 0 atom stereocenters. The van der Waals surface area contributed by atoms with E-state index in [0.717, 1.165) is 0 Å². The largest absolute Gasteiger partial charge is 0.456 e. The number of ether oxygens (including phenoxy) is 2. The third kappa shape index (κ3) is 4.78. The molecule has 0 amide bonds. The van der Waals surface area contributed by atoms with Gasteiger partial charge in [0.2, 0.25) is 0 Å². The molecule has 1 rings (SSSR count). The summed E-state index contributed by atoms with van der Waals surface area (Å²) in [5.74, 6) is -0.885. The van der Waals surface area contributed by atoms with Crippen LogP contribution in [0.15, 0.2) is 16.6 Å². The summed E-state index contributed by atoms with van der Waals surface area (Å²) in [6.45, 7) is 3.73. The quantitative estimate of drug-likeness (QED) is 0.771. The normalized spacial score (nSPS) is 11.6. The Morgan fingerprint density at radius 1 is 1.32 bits per heavy atom. The molecule has 106 valence electrons. The first kappa shape index (κ1) is 15.9. The molecule has 0 aliphatic rings. The van der Waals surface area contributed by atoms with Crippen molar-refractivity contribution >= 4 is 21.9 Å². The van der Waals surface area contributed by atoms with Gasteiger partial charge in [0.1, 0.15) is 16.9 Å². The van der Waals surface area contributed by atoms with Crippen LogP contribution in [0.5, 0.6) is 5.75 Å². The van der Waals surface area contributed by atoms with Crippen molar-refractivity contribution in [1.29, 1.82) is 0 Å². The highest BCUT2D eigenvalue weighted by molar-refractivity contribution is 9.10. The lowest BCUT2D eigenvalue weighted by molar-refractivity contribution is -0.0509. The Morgan fingerprint density at radius 2 is 1.89 bits per heavy atom.